The summed E-state index contributed by atoms with van der Waals surface area (Å²) in [5, 5.41) is 1.13. The number of hydrogen-bond acceptors (Lipinski definition) is 3. The minimum absolute atomic E-state index is 0.431. The Kier molecular flexibility index (Phi) is 5.46. The van der Waals surface area contributed by atoms with Crippen molar-refractivity contribution in [1.29, 1.82) is 0 Å². The Morgan fingerprint density at radius 1 is 1.00 bits per heavy atom. The molecule has 0 radical (unpaired) electrons. The maximum atomic E-state index is 6.02. The Balaban J connectivity index is 1.34. The summed E-state index contributed by atoms with van der Waals surface area (Å²) in [6.45, 7) is 0.510. The van der Waals surface area contributed by atoms with E-state index < -0.39 is 0 Å². The van der Waals surface area contributed by atoms with Crippen LogP contribution < -0.4 is 4.74 Å². The van der Waals surface area contributed by atoms with Gasteiger partial charge in [-0.3, -0.25) is 0 Å². The van der Waals surface area contributed by atoms with Crippen molar-refractivity contribution in [2.75, 3.05) is 0 Å². The van der Waals surface area contributed by atoms with E-state index in [1.165, 1.54) is 57.1 Å². The van der Waals surface area contributed by atoms with Gasteiger partial charge in [0.25, 0.3) is 0 Å². The Morgan fingerprint density at radius 2 is 1.85 bits per heavy atom. The number of hydrogen-bond donors (Lipinski definition) is 1. The van der Waals surface area contributed by atoms with Crippen molar-refractivity contribution in [2.24, 2.45) is 0 Å². The largest absolute Gasteiger partial charge is 0.473 e. The van der Waals surface area contributed by atoms with Crippen LogP contribution in [0, 0.1) is 0 Å². The fourth-order valence-electron chi connectivity index (χ4n) is 5.62. The molecular weight excluding hydrogens is 408 g/mol. The lowest BCUT2D eigenvalue weighted by atomic mass is 9.86. The van der Waals surface area contributed by atoms with Crippen molar-refractivity contribution in [3.63, 3.8) is 0 Å². The van der Waals surface area contributed by atoms with Crippen molar-refractivity contribution >= 4 is 10.9 Å². The molecule has 0 saturated heterocycles. The Hall–Kier alpha value is -3.34. The lowest BCUT2D eigenvalue weighted by Gasteiger charge is -2.27. The van der Waals surface area contributed by atoms with Crippen molar-refractivity contribution in [2.45, 2.75) is 64.0 Å². The molecule has 1 unspecified atom stereocenters. The van der Waals surface area contributed by atoms with Crippen LogP contribution in [0.1, 0.15) is 63.0 Å². The van der Waals surface area contributed by atoms with E-state index in [2.05, 4.69) is 43.9 Å². The normalized spacial score (nSPS) is 18.8. The fourth-order valence-corrected chi connectivity index (χ4v) is 5.62. The number of fused-ring (bicyclic) bond motifs is 1. The van der Waals surface area contributed by atoms with Gasteiger partial charge in [-0.1, -0.05) is 42.3 Å². The van der Waals surface area contributed by atoms with E-state index in [0.717, 1.165) is 22.0 Å². The average Bonchev–Trinajstić information content (AvgIpc) is 3.45. The number of allylic oxidation sites excluding steroid dienone is 2. The number of pyridine rings is 1. The van der Waals surface area contributed by atoms with Crippen molar-refractivity contribution < 1.29 is 4.74 Å². The minimum Gasteiger partial charge on any atom is -0.473 e. The van der Waals surface area contributed by atoms with Crippen LogP contribution in [0.5, 0.6) is 5.88 Å². The highest BCUT2D eigenvalue weighted by molar-refractivity contribution is 5.94. The average molecular weight is 439 g/mol. The Bertz CT molecular complexity index is 1280. The first kappa shape index (κ1) is 20.3. The molecule has 3 aromatic heterocycles. The number of nitrogens with one attached hydrogen (secondary N) is 1. The molecule has 1 N–H and O–H groups in total. The SMILES string of the molecule is c1ccc(COc2cc3c(-c4cncn4C4CCCCC5=C4CCCC5)c[nH]c3cn2)cc1. The molecule has 3 heterocycles. The predicted molar refractivity (Wildman–Crippen MR) is 131 cm³/mol. The quantitative estimate of drug-likeness (QED) is 0.342. The fraction of sp³-hybridized carbons (Fsp3) is 0.357. The molecule has 0 amide bonds. The zero-order chi connectivity index (χ0) is 22.0. The number of H-pyrrole nitrogens is 1. The molecule has 0 spiro atoms. The molecule has 1 atom stereocenters. The highest BCUT2D eigenvalue weighted by atomic mass is 16.5. The van der Waals surface area contributed by atoms with Gasteiger partial charge in [-0.05, 0) is 56.1 Å². The summed E-state index contributed by atoms with van der Waals surface area (Å²) >= 11 is 0. The molecule has 5 nitrogen and oxygen atoms in total. The molecule has 2 aliphatic carbocycles. The van der Waals surface area contributed by atoms with E-state index in [1.807, 2.05) is 36.9 Å². The molecule has 6 rings (SSSR count). The lowest BCUT2D eigenvalue weighted by molar-refractivity contribution is 0.294. The standard InChI is InChI=1S/C28H30N4O/c1-2-8-20(9-3-1)18-33-28-14-23-24(15-30-25(23)16-31-28)27-17-29-19-32(27)26-13-7-5-11-21-10-4-6-12-22(21)26/h1-3,8-9,14-17,19,26,30H,4-7,10-13,18H2. The first-order valence-corrected chi connectivity index (χ1v) is 12.2. The first-order chi connectivity index (χ1) is 16.4. The first-order valence-electron chi connectivity index (χ1n) is 12.2. The van der Waals surface area contributed by atoms with Gasteiger partial charge in [-0.2, -0.15) is 0 Å². The Labute approximate surface area is 194 Å². The second-order valence-corrected chi connectivity index (χ2v) is 9.33. The molecule has 33 heavy (non-hydrogen) atoms. The van der Waals surface area contributed by atoms with Crippen molar-refractivity contribution in [3.8, 4) is 17.1 Å². The van der Waals surface area contributed by atoms with Gasteiger partial charge in [0.15, 0.2) is 0 Å². The molecule has 0 aliphatic heterocycles. The van der Waals surface area contributed by atoms with E-state index in [-0.39, 0.29) is 0 Å². The number of imidazole rings is 1. The predicted octanol–water partition coefficient (Wildman–Crippen LogP) is 6.99. The van der Waals surface area contributed by atoms with Crippen LogP contribution in [-0.4, -0.2) is 19.5 Å². The van der Waals surface area contributed by atoms with Crippen molar-refractivity contribution in [1.82, 2.24) is 19.5 Å². The number of aromatic amines is 1. The van der Waals surface area contributed by atoms with Crippen LogP contribution in [-0.2, 0) is 6.61 Å². The zero-order valence-electron chi connectivity index (χ0n) is 19.0. The molecule has 2 aliphatic rings. The molecule has 1 aromatic carbocycles. The molecule has 168 valence electrons. The molecule has 5 heteroatoms. The number of rotatable bonds is 5. The van der Waals surface area contributed by atoms with Crippen molar-refractivity contribution in [3.05, 3.63) is 78.0 Å². The summed E-state index contributed by atoms with van der Waals surface area (Å²) in [5.41, 5.74) is 7.90. The summed E-state index contributed by atoms with van der Waals surface area (Å²) < 4.78 is 8.45. The molecule has 4 aromatic rings. The monoisotopic (exact) mass is 438 g/mol. The van der Waals surface area contributed by atoms with Crippen LogP contribution in [0.3, 0.4) is 0 Å². The lowest BCUT2D eigenvalue weighted by Crippen LogP contribution is -2.15. The van der Waals surface area contributed by atoms with Gasteiger partial charge in [0.05, 0.1) is 36.0 Å². The van der Waals surface area contributed by atoms with E-state index in [9.17, 15) is 0 Å². The van der Waals surface area contributed by atoms with Gasteiger partial charge in [0, 0.05) is 23.2 Å². The summed E-state index contributed by atoms with van der Waals surface area (Å²) in [6.07, 6.45) is 18.3. The third-order valence-corrected chi connectivity index (χ3v) is 7.29. The molecule has 0 saturated carbocycles. The highest BCUT2D eigenvalue weighted by Crippen LogP contribution is 2.42. The number of nitrogens with zero attached hydrogens (tertiary/aromatic N) is 3. The maximum Gasteiger partial charge on any atom is 0.214 e. The summed E-state index contributed by atoms with van der Waals surface area (Å²) in [7, 11) is 0. The van der Waals surface area contributed by atoms with Gasteiger partial charge in [0.1, 0.15) is 6.61 Å². The summed E-state index contributed by atoms with van der Waals surface area (Å²) in [4.78, 5) is 12.5. The van der Waals surface area contributed by atoms with Gasteiger partial charge in [0.2, 0.25) is 5.88 Å². The maximum absolute atomic E-state index is 6.02. The van der Waals surface area contributed by atoms with Crippen LogP contribution in [0.25, 0.3) is 22.2 Å². The van der Waals surface area contributed by atoms with Crippen LogP contribution in [0.4, 0.5) is 0 Å². The summed E-state index contributed by atoms with van der Waals surface area (Å²) in [6, 6.07) is 12.7. The molecular formula is C28H30N4O. The Morgan fingerprint density at radius 3 is 2.76 bits per heavy atom. The molecule has 0 fully saturated rings. The van der Waals surface area contributed by atoms with Gasteiger partial charge in [-0.15, -0.1) is 0 Å². The third kappa shape index (κ3) is 3.97. The second-order valence-electron chi connectivity index (χ2n) is 9.33. The number of aromatic nitrogens is 4. The third-order valence-electron chi connectivity index (χ3n) is 7.29. The topological polar surface area (TPSA) is 55.7 Å². The highest BCUT2D eigenvalue weighted by Gasteiger charge is 2.27. The van der Waals surface area contributed by atoms with E-state index in [1.54, 1.807) is 11.1 Å². The van der Waals surface area contributed by atoms with E-state index in [4.69, 9.17) is 4.74 Å². The van der Waals surface area contributed by atoms with Crippen LogP contribution >= 0.6 is 0 Å². The number of ether oxygens (including phenoxy) is 1. The number of benzene rings is 1. The second kappa shape index (κ2) is 8.89. The van der Waals surface area contributed by atoms with Gasteiger partial charge >= 0.3 is 0 Å². The zero-order valence-corrected chi connectivity index (χ0v) is 19.0. The smallest absolute Gasteiger partial charge is 0.214 e. The van der Waals surface area contributed by atoms with Crippen LogP contribution in [0.15, 0.2) is 72.5 Å². The molecule has 0 bridgehead atoms. The summed E-state index contributed by atoms with van der Waals surface area (Å²) in [5.74, 6) is 0.644. The van der Waals surface area contributed by atoms with E-state index in [0.29, 0.717) is 18.5 Å². The minimum atomic E-state index is 0.431. The van der Waals surface area contributed by atoms with Gasteiger partial charge < -0.3 is 14.3 Å². The van der Waals surface area contributed by atoms with Crippen LogP contribution in [0.2, 0.25) is 0 Å². The van der Waals surface area contributed by atoms with E-state index >= 15 is 0 Å². The van der Waals surface area contributed by atoms with Gasteiger partial charge in [-0.25, -0.2) is 9.97 Å².